The van der Waals surface area contributed by atoms with Crippen molar-refractivity contribution >= 4 is 54.9 Å². The lowest BCUT2D eigenvalue weighted by atomic mass is 9.80. The van der Waals surface area contributed by atoms with Crippen molar-refractivity contribution < 1.29 is 28.4 Å². The van der Waals surface area contributed by atoms with Crippen molar-refractivity contribution in [2.45, 2.75) is 52.2 Å². The summed E-state index contributed by atoms with van der Waals surface area (Å²) >= 11 is 6.58. The van der Waals surface area contributed by atoms with Crippen LogP contribution in [0.1, 0.15) is 19.8 Å². The Balaban J connectivity index is 0.000000389. The Morgan fingerprint density at radius 2 is 1.66 bits per heavy atom. The molecule has 218 valence electrons. The van der Waals surface area contributed by atoms with E-state index in [1.165, 1.54) is 36.4 Å². The van der Waals surface area contributed by atoms with Crippen molar-refractivity contribution in [3.8, 4) is 11.1 Å². The zero-order valence-electron chi connectivity index (χ0n) is 23.6. The SMILES string of the molecule is CCCC(=O)Nc1nn(COCC[Si](C)(C)C)c2cc(Cl)c(-c3ccc(F)cc3)cc12.OB(O)c1ccc(F)cc1. The Hall–Kier alpha value is -3.09. The first-order valence-electron chi connectivity index (χ1n) is 13.3. The summed E-state index contributed by atoms with van der Waals surface area (Å²) in [6.07, 6.45) is 1.16. The first kappa shape index (κ1) is 32.4. The minimum atomic E-state index is -1.51. The molecule has 4 aromatic rings. The Morgan fingerprint density at radius 1 is 1.05 bits per heavy atom. The summed E-state index contributed by atoms with van der Waals surface area (Å²) in [5.74, 6) is -0.310. The largest absolute Gasteiger partial charge is 0.488 e. The van der Waals surface area contributed by atoms with Crippen molar-refractivity contribution in [3.63, 3.8) is 0 Å². The Morgan fingerprint density at radius 3 is 2.22 bits per heavy atom. The second kappa shape index (κ2) is 14.7. The lowest BCUT2D eigenvalue weighted by Gasteiger charge is -2.15. The Kier molecular flexibility index (Phi) is 11.6. The topological polar surface area (TPSA) is 96.6 Å². The van der Waals surface area contributed by atoms with Crippen LogP contribution in [0.5, 0.6) is 0 Å². The summed E-state index contributed by atoms with van der Waals surface area (Å²) in [5.41, 5.74) is 2.61. The number of fused-ring (bicyclic) bond motifs is 1. The molecule has 0 atom stereocenters. The molecule has 0 aliphatic rings. The van der Waals surface area contributed by atoms with E-state index in [2.05, 4.69) is 30.1 Å². The van der Waals surface area contributed by atoms with Gasteiger partial charge in [0.1, 0.15) is 18.4 Å². The van der Waals surface area contributed by atoms with Gasteiger partial charge in [0.05, 0.1) is 10.5 Å². The molecule has 0 spiro atoms. The van der Waals surface area contributed by atoms with Crippen molar-refractivity contribution in [2.75, 3.05) is 11.9 Å². The average Bonchev–Trinajstić information content (AvgIpc) is 3.22. The van der Waals surface area contributed by atoms with Crippen LogP contribution in [0.3, 0.4) is 0 Å². The maximum absolute atomic E-state index is 13.4. The fourth-order valence-electron chi connectivity index (χ4n) is 3.82. The summed E-state index contributed by atoms with van der Waals surface area (Å²) in [7, 11) is -2.71. The Labute approximate surface area is 245 Å². The van der Waals surface area contributed by atoms with Crippen LogP contribution in [-0.4, -0.2) is 47.5 Å². The maximum Gasteiger partial charge on any atom is 0.488 e. The van der Waals surface area contributed by atoms with Crippen molar-refractivity contribution in [1.29, 1.82) is 0 Å². The molecule has 0 fully saturated rings. The van der Waals surface area contributed by atoms with Crippen LogP contribution in [0.15, 0.2) is 60.7 Å². The van der Waals surface area contributed by atoms with Crippen molar-refractivity contribution in [1.82, 2.24) is 9.78 Å². The zero-order chi connectivity index (χ0) is 30.2. The second-order valence-corrected chi connectivity index (χ2v) is 16.8. The number of hydrogen-bond donors (Lipinski definition) is 3. The number of rotatable bonds is 10. The lowest BCUT2D eigenvalue weighted by Crippen LogP contribution is -2.29. The number of anilines is 1. The average molecular weight is 602 g/mol. The third-order valence-electron chi connectivity index (χ3n) is 6.11. The van der Waals surface area contributed by atoms with Gasteiger partial charge in [-0.1, -0.05) is 62.4 Å². The van der Waals surface area contributed by atoms with Gasteiger partial charge in [0, 0.05) is 32.1 Å². The molecule has 0 saturated heterocycles. The highest BCUT2D eigenvalue weighted by atomic mass is 35.5. The molecule has 0 aliphatic carbocycles. The number of nitrogens with zero attached hydrogens (tertiary/aromatic N) is 2. The van der Waals surface area contributed by atoms with E-state index in [1.807, 2.05) is 19.1 Å². The van der Waals surface area contributed by atoms with Gasteiger partial charge < -0.3 is 20.1 Å². The minimum Gasteiger partial charge on any atom is -0.423 e. The molecule has 0 unspecified atom stereocenters. The quantitative estimate of drug-likeness (QED) is 0.152. The molecule has 1 amide bonds. The summed E-state index contributed by atoms with van der Waals surface area (Å²) in [6, 6.07) is 15.9. The molecule has 0 radical (unpaired) electrons. The molecule has 4 rings (SSSR count). The van der Waals surface area contributed by atoms with Gasteiger partial charge in [-0.15, -0.1) is 0 Å². The van der Waals surface area contributed by atoms with Crippen LogP contribution >= 0.6 is 11.6 Å². The van der Waals surface area contributed by atoms with E-state index in [-0.39, 0.29) is 24.3 Å². The number of ether oxygens (including phenoxy) is 1. The van der Waals surface area contributed by atoms with Crippen LogP contribution in [0.25, 0.3) is 22.0 Å². The van der Waals surface area contributed by atoms with E-state index in [0.717, 1.165) is 34.5 Å². The summed E-state index contributed by atoms with van der Waals surface area (Å²) in [4.78, 5) is 12.2. The van der Waals surface area contributed by atoms with Crippen molar-refractivity contribution in [2.24, 2.45) is 0 Å². The monoisotopic (exact) mass is 601 g/mol. The van der Waals surface area contributed by atoms with Crippen LogP contribution in [-0.2, 0) is 16.3 Å². The maximum atomic E-state index is 13.4. The summed E-state index contributed by atoms with van der Waals surface area (Å²) in [6.45, 7) is 9.80. The zero-order valence-corrected chi connectivity index (χ0v) is 25.4. The number of aromatic nitrogens is 2. The number of hydrogen-bond acceptors (Lipinski definition) is 5. The van der Waals surface area contributed by atoms with Gasteiger partial charge in [-0.3, -0.25) is 4.79 Å². The predicted molar refractivity (Wildman–Crippen MR) is 164 cm³/mol. The fraction of sp³-hybridized carbons (Fsp3) is 0.310. The smallest absolute Gasteiger partial charge is 0.423 e. The number of benzene rings is 3. The third-order valence-corrected chi connectivity index (χ3v) is 8.12. The highest BCUT2D eigenvalue weighted by Crippen LogP contribution is 2.35. The molecule has 1 aromatic heterocycles. The second-order valence-electron chi connectivity index (χ2n) is 10.8. The summed E-state index contributed by atoms with van der Waals surface area (Å²) < 4.78 is 33.1. The van der Waals surface area contributed by atoms with Gasteiger partial charge in [-0.2, -0.15) is 5.10 Å². The molecule has 0 aliphatic heterocycles. The van der Waals surface area contributed by atoms with Crippen LogP contribution in [0.2, 0.25) is 30.7 Å². The molecule has 41 heavy (non-hydrogen) atoms. The minimum absolute atomic E-state index is 0.0908. The highest BCUT2D eigenvalue weighted by molar-refractivity contribution is 6.76. The van der Waals surface area contributed by atoms with Crippen LogP contribution in [0.4, 0.5) is 14.6 Å². The molecule has 7 nitrogen and oxygen atoms in total. The van der Waals surface area contributed by atoms with E-state index >= 15 is 0 Å². The van der Waals surface area contributed by atoms with Gasteiger partial charge in [0.15, 0.2) is 5.82 Å². The number of halogens is 3. The van der Waals surface area contributed by atoms with E-state index in [4.69, 9.17) is 26.4 Å². The number of amides is 1. The predicted octanol–water partition coefficient (Wildman–Crippen LogP) is 6.05. The molecular weight excluding hydrogens is 567 g/mol. The molecule has 0 saturated carbocycles. The molecule has 12 heteroatoms. The van der Waals surface area contributed by atoms with Gasteiger partial charge in [0.25, 0.3) is 0 Å². The molecule has 3 aromatic carbocycles. The lowest BCUT2D eigenvalue weighted by molar-refractivity contribution is -0.116. The molecule has 3 N–H and O–H groups in total. The molecule has 1 heterocycles. The van der Waals surface area contributed by atoms with Crippen LogP contribution in [0, 0.1) is 11.6 Å². The van der Waals surface area contributed by atoms with Gasteiger partial charge in [-0.25, -0.2) is 13.5 Å². The van der Waals surface area contributed by atoms with Crippen molar-refractivity contribution in [3.05, 3.63) is 77.3 Å². The first-order chi connectivity index (χ1) is 19.4. The standard InChI is InChI=1S/C23H29ClFN3O2Si.C6H6BFO2/c1-5-6-22(29)26-23-19-13-18(16-7-9-17(25)10-8-16)20(24)14-21(19)28(27-23)15-30-11-12-31(2,3)4;8-6-3-1-5(2-4-6)7(9)10/h7-10,13-14H,5-6,11-12,15H2,1-4H3,(H,26,27,29);1-4,9-10H. The third kappa shape index (κ3) is 9.75. The van der Waals surface area contributed by atoms with E-state index in [1.54, 1.807) is 16.8 Å². The van der Waals surface area contributed by atoms with Crippen LogP contribution < -0.4 is 10.8 Å². The van der Waals surface area contributed by atoms with Gasteiger partial charge in [-0.05, 0) is 59.9 Å². The summed E-state index contributed by atoms with van der Waals surface area (Å²) in [5, 5.41) is 25.9. The normalized spacial score (nSPS) is 11.2. The Bertz CT molecular complexity index is 1450. The first-order valence-corrected chi connectivity index (χ1v) is 17.4. The molecule has 0 bridgehead atoms. The van der Waals surface area contributed by atoms with E-state index in [9.17, 15) is 13.6 Å². The molecular formula is C29H35BClF2N3O4Si. The van der Waals surface area contributed by atoms with Gasteiger partial charge >= 0.3 is 7.12 Å². The van der Waals surface area contributed by atoms with E-state index < -0.39 is 15.2 Å². The fourth-order valence-corrected chi connectivity index (χ4v) is 4.85. The van der Waals surface area contributed by atoms with E-state index in [0.29, 0.717) is 29.3 Å². The number of nitrogens with one attached hydrogen (secondary N) is 1. The number of carbonyl (C=O) groups is 1. The highest BCUT2D eigenvalue weighted by Gasteiger charge is 2.18. The van der Waals surface area contributed by atoms with Gasteiger partial charge in [0.2, 0.25) is 5.91 Å². The number of carbonyl (C=O) groups excluding carboxylic acids is 1.